The van der Waals surface area contributed by atoms with Gasteiger partial charge < -0.3 is 10.4 Å². The highest BCUT2D eigenvalue weighted by molar-refractivity contribution is 6.15. The summed E-state index contributed by atoms with van der Waals surface area (Å²) in [4.78, 5) is 10.2. The molecule has 1 unspecified atom stereocenters. The molecule has 0 amide bonds. The van der Waals surface area contributed by atoms with E-state index in [-0.39, 0.29) is 11.6 Å². The first-order valence-electron chi connectivity index (χ1n) is 3.06. The van der Waals surface area contributed by atoms with Gasteiger partial charge in [0.15, 0.2) is 0 Å². The Labute approximate surface area is 72.1 Å². The number of halogens is 1. The summed E-state index contributed by atoms with van der Waals surface area (Å²) >= 11 is 4.64. The van der Waals surface area contributed by atoms with E-state index in [1.807, 2.05) is 0 Å². The van der Waals surface area contributed by atoms with Crippen molar-refractivity contribution >= 4 is 17.6 Å². The number of likely N-dealkylation sites (N-methyl/N-ethyl adjacent to an activating group) is 1. The molecule has 1 atom stereocenters. The summed E-state index contributed by atoms with van der Waals surface area (Å²) in [5.41, 5.74) is 0.192. The summed E-state index contributed by atoms with van der Waals surface area (Å²) in [5, 5.41) is 11.1. The van der Waals surface area contributed by atoms with E-state index < -0.39 is 5.97 Å². The van der Waals surface area contributed by atoms with Gasteiger partial charge in [0, 0.05) is 18.0 Å². The molecule has 0 aromatic carbocycles. The number of nitrogens with one attached hydrogen (secondary N) is 1. The first-order valence-corrected chi connectivity index (χ1v) is 3.82. The van der Waals surface area contributed by atoms with Crippen LogP contribution in [0.1, 0.15) is 6.92 Å². The van der Waals surface area contributed by atoms with E-state index in [0.717, 1.165) is 0 Å². The topological polar surface area (TPSA) is 49.3 Å². The van der Waals surface area contributed by atoms with Crippen molar-refractivity contribution in [3.05, 3.63) is 12.2 Å². The maximum absolute atomic E-state index is 10.2. The van der Waals surface area contributed by atoms with Crippen LogP contribution in [0.25, 0.3) is 0 Å². The van der Waals surface area contributed by atoms with Crippen molar-refractivity contribution in [2.24, 2.45) is 0 Å². The van der Waals surface area contributed by atoms with Gasteiger partial charge in [-0.15, -0.1) is 11.6 Å². The molecule has 0 aliphatic rings. The fraction of sp³-hybridized carbons (Fsp3) is 0.571. The molecule has 0 spiro atoms. The van der Waals surface area contributed by atoms with Gasteiger partial charge in [-0.3, -0.25) is 0 Å². The number of carboxylic acids is 1. The van der Waals surface area contributed by atoms with Crippen LogP contribution in [0, 0.1) is 0 Å². The SMILES string of the molecule is C=C(C(=O)O)C(C)NC.CCl. The van der Waals surface area contributed by atoms with Crippen molar-refractivity contribution in [3.63, 3.8) is 0 Å². The van der Waals surface area contributed by atoms with Crippen LogP contribution < -0.4 is 5.32 Å². The lowest BCUT2D eigenvalue weighted by atomic mass is 10.1. The molecule has 0 heterocycles. The van der Waals surface area contributed by atoms with Gasteiger partial charge in [-0.2, -0.15) is 0 Å². The number of hydrogen-bond donors (Lipinski definition) is 2. The molecule has 0 rings (SSSR count). The Morgan fingerprint density at radius 3 is 2.09 bits per heavy atom. The van der Waals surface area contributed by atoms with Crippen molar-refractivity contribution in [3.8, 4) is 0 Å². The molecule has 0 aliphatic carbocycles. The molecule has 0 saturated heterocycles. The molecule has 11 heavy (non-hydrogen) atoms. The van der Waals surface area contributed by atoms with Crippen LogP contribution in [0.5, 0.6) is 0 Å². The minimum absolute atomic E-state index is 0.150. The Balaban J connectivity index is 0. The van der Waals surface area contributed by atoms with Crippen LogP contribution in [-0.2, 0) is 4.79 Å². The first kappa shape index (κ1) is 13.1. The minimum atomic E-state index is -0.947. The summed E-state index contributed by atoms with van der Waals surface area (Å²) in [7, 11) is 1.69. The monoisotopic (exact) mass is 179 g/mol. The van der Waals surface area contributed by atoms with Crippen molar-refractivity contribution in [1.29, 1.82) is 0 Å². The molecule has 0 radical (unpaired) electrons. The molecule has 0 aliphatic heterocycles. The zero-order chi connectivity index (χ0) is 9.44. The minimum Gasteiger partial charge on any atom is -0.478 e. The molecule has 0 fully saturated rings. The van der Waals surface area contributed by atoms with E-state index in [0.29, 0.717) is 0 Å². The number of rotatable bonds is 3. The molecule has 0 aromatic heterocycles. The number of hydrogen-bond acceptors (Lipinski definition) is 2. The molecule has 0 bridgehead atoms. The molecule has 3 nitrogen and oxygen atoms in total. The Morgan fingerprint density at radius 2 is 2.00 bits per heavy atom. The summed E-state index contributed by atoms with van der Waals surface area (Å²) < 4.78 is 0. The van der Waals surface area contributed by atoms with E-state index in [9.17, 15) is 4.79 Å². The third kappa shape index (κ3) is 5.88. The number of carbonyl (C=O) groups is 1. The lowest BCUT2D eigenvalue weighted by Crippen LogP contribution is -2.26. The molecule has 2 N–H and O–H groups in total. The van der Waals surface area contributed by atoms with E-state index >= 15 is 0 Å². The molecule has 0 saturated carbocycles. The fourth-order valence-electron chi connectivity index (χ4n) is 0.359. The second-order valence-electron chi connectivity index (χ2n) is 1.84. The average molecular weight is 180 g/mol. The largest absolute Gasteiger partial charge is 0.478 e. The fourth-order valence-corrected chi connectivity index (χ4v) is 0.359. The lowest BCUT2D eigenvalue weighted by Gasteiger charge is -2.07. The normalized spacial score (nSPS) is 10.9. The van der Waals surface area contributed by atoms with Gasteiger partial charge in [-0.05, 0) is 14.0 Å². The highest BCUT2D eigenvalue weighted by Crippen LogP contribution is 1.96. The maximum Gasteiger partial charge on any atom is 0.332 e. The Hall–Kier alpha value is -0.540. The van der Waals surface area contributed by atoms with Gasteiger partial charge in [-0.25, -0.2) is 4.79 Å². The predicted molar refractivity (Wildman–Crippen MR) is 47.1 cm³/mol. The Kier molecular flexibility index (Phi) is 9.00. The lowest BCUT2D eigenvalue weighted by molar-refractivity contribution is -0.132. The van der Waals surface area contributed by atoms with Gasteiger partial charge in [0.2, 0.25) is 0 Å². The van der Waals surface area contributed by atoms with Crippen molar-refractivity contribution in [1.82, 2.24) is 5.32 Å². The maximum atomic E-state index is 10.2. The van der Waals surface area contributed by atoms with Crippen LogP contribution in [-0.4, -0.2) is 30.5 Å². The Bertz CT molecular complexity index is 136. The van der Waals surface area contributed by atoms with Crippen molar-refractivity contribution in [2.75, 3.05) is 13.4 Å². The molecular formula is C7H14ClNO2. The van der Waals surface area contributed by atoms with Gasteiger partial charge in [0.25, 0.3) is 0 Å². The number of carboxylic acid groups (broad SMARTS) is 1. The van der Waals surface area contributed by atoms with E-state index in [1.54, 1.807) is 14.0 Å². The molecule has 0 aromatic rings. The van der Waals surface area contributed by atoms with Crippen LogP contribution in [0.15, 0.2) is 12.2 Å². The van der Waals surface area contributed by atoms with Gasteiger partial charge >= 0.3 is 5.97 Å². The van der Waals surface area contributed by atoms with Crippen LogP contribution in [0.2, 0.25) is 0 Å². The summed E-state index contributed by atoms with van der Waals surface area (Å²) in [5.74, 6) is -0.947. The van der Waals surface area contributed by atoms with E-state index in [1.165, 1.54) is 6.38 Å². The molecule has 4 heteroatoms. The number of alkyl halides is 1. The highest BCUT2D eigenvalue weighted by Gasteiger charge is 2.09. The standard InChI is InChI=1S/C6H11NO2.CH3Cl/c1-4(6(8)9)5(2)7-3;1-2/h5,7H,1H2,2-3H3,(H,8,9);1H3. The summed E-state index contributed by atoms with van der Waals surface area (Å²) in [6.45, 7) is 5.11. The van der Waals surface area contributed by atoms with Crippen molar-refractivity contribution < 1.29 is 9.90 Å². The molecular weight excluding hydrogens is 166 g/mol. The van der Waals surface area contributed by atoms with Crippen LogP contribution in [0.4, 0.5) is 0 Å². The van der Waals surface area contributed by atoms with Gasteiger partial charge in [0.1, 0.15) is 0 Å². The number of aliphatic carboxylic acids is 1. The quantitative estimate of drug-likeness (QED) is 0.504. The summed E-state index contributed by atoms with van der Waals surface area (Å²) in [6.07, 6.45) is 1.47. The van der Waals surface area contributed by atoms with E-state index in [4.69, 9.17) is 5.11 Å². The third-order valence-electron chi connectivity index (χ3n) is 1.23. The Morgan fingerprint density at radius 1 is 1.64 bits per heavy atom. The smallest absolute Gasteiger partial charge is 0.332 e. The molecule has 66 valence electrons. The predicted octanol–water partition coefficient (Wildman–Crippen LogP) is 1.09. The highest BCUT2D eigenvalue weighted by atomic mass is 35.5. The second kappa shape index (κ2) is 7.57. The zero-order valence-electron chi connectivity index (χ0n) is 7.02. The van der Waals surface area contributed by atoms with Crippen molar-refractivity contribution in [2.45, 2.75) is 13.0 Å². The second-order valence-corrected chi connectivity index (χ2v) is 1.84. The van der Waals surface area contributed by atoms with Crippen LogP contribution >= 0.6 is 11.6 Å². The van der Waals surface area contributed by atoms with Gasteiger partial charge in [-0.1, -0.05) is 6.58 Å². The first-order chi connectivity index (χ1) is 5.09. The average Bonchev–Trinajstić information content (AvgIpc) is 2.05. The van der Waals surface area contributed by atoms with Crippen LogP contribution in [0.3, 0.4) is 0 Å². The van der Waals surface area contributed by atoms with Gasteiger partial charge in [0.05, 0.1) is 0 Å². The zero-order valence-corrected chi connectivity index (χ0v) is 7.77. The van der Waals surface area contributed by atoms with E-state index in [2.05, 4.69) is 23.5 Å². The summed E-state index contributed by atoms with van der Waals surface area (Å²) in [6, 6.07) is -0.150. The third-order valence-corrected chi connectivity index (χ3v) is 1.23.